The SMILES string of the molecule is O=C1NC2(CCCC2)C(=O)N1Cc1cc(F)cc2cccnc12. The highest BCUT2D eigenvalue weighted by molar-refractivity contribution is 6.07. The maximum absolute atomic E-state index is 13.8. The Morgan fingerprint density at radius 2 is 2.04 bits per heavy atom. The lowest BCUT2D eigenvalue weighted by Crippen LogP contribution is -2.44. The van der Waals surface area contributed by atoms with Gasteiger partial charge >= 0.3 is 6.03 Å². The van der Waals surface area contributed by atoms with Crippen LogP contribution in [0.1, 0.15) is 31.2 Å². The first-order valence-electron chi connectivity index (χ1n) is 7.76. The van der Waals surface area contributed by atoms with Gasteiger partial charge in [-0.1, -0.05) is 18.9 Å². The lowest BCUT2D eigenvalue weighted by molar-refractivity contribution is -0.131. The maximum atomic E-state index is 13.8. The van der Waals surface area contributed by atoms with Crippen LogP contribution in [0.3, 0.4) is 0 Å². The van der Waals surface area contributed by atoms with Crippen LogP contribution in [0.2, 0.25) is 0 Å². The first kappa shape index (κ1) is 14.1. The summed E-state index contributed by atoms with van der Waals surface area (Å²) in [6, 6.07) is 5.84. The van der Waals surface area contributed by atoms with Crippen LogP contribution in [0.25, 0.3) is 10.9 Å². The zero-order valence-electron chi connectivity index (χ0n) is 12.5. The molecule has 6 heteroatoms. The molecule has 1 saturated heterocycles. The topological polar surface area (TPSA) is 62.3 Å². The predicted molar refractivity (Wildman–Crippen MR) is 82.0 cm³/mol. The van der Waals surface area contributed by atoms with Gasteiger partial charge in [0.15, 0.2) is 0 Å². The zero-order valence-corrected chi connectivity index (χ0v) is 12.5. The Bertz CT molecular complexity index is 815. The standard InChI is InChI=1S/C17H16FN3O2/c18-13-8-11-4-3-7-19-14(11)12(9-13)10-21-15(22)17(20-16(21)23)5-1-2-6-17/h3-4,7-9H,1-2,5-6,10H2,(H,20,23). The minimum Gasteiger partial charge on any atom is -0.323 e. The summed E-state index contributed by atoms with van der Waals surface area (Å²) in [5.41, 5.74) is 0.411. The highest BCUT2D eigenvalue weighted by Gasteiger charge is 2.52. The molecule has 0 atom stereocenters. The molecule has 1 aliphatic heterocycles. The molecular weight excluding hydrogens is 297 g/mol. The Balaban J connectivity index is 1.71. The highest BCUT2D eigenvalue weighted by atomic mass is 19.1. The summed E-state index contributed by atoms with van der Waals surface area (Å²) in [6.45, 7) is 0.0394. The fraction of sp³-hybridized carbons (Fsp3) is 0.353. The van der Waals surface area contributed by atoms with E-state index in [0.717, 1.165) is 12.8 Å². The normalized spacial score (nSPS) is 19.8. The molecule has 2 aromatic rings. The molecule has 1 saturated carbocycles. The number of halogens is 1. The van der Waals surface area contributed by atoms with Gasteiger partial charge in [-0.15, -0.1) is 0 Å². The zero-order chi connectivity index (χ0) is 16.0. The van der Waals surface area contributed by atoms with Crippen LogP contribution >= 0.6 is 0 Å². The van der Waals surface area contributed by atoms with Gasteiger partial charge in [-0.3, -0.25) is 14.7 Å². The molecule has 23 heavy (non-hydrogen) atoms. The number of amides is 3. The Morgan fingerprint density at radius 1 is 1.26 bits per heavy atom. The monoisotopic (exact) mass is 313 g/mol. The van der Waals surface area contributed by atoms with Crippen molar-refractivity contribution in [1.82, 2.24) is 15.2 Å². The Kier molecular flexibility index (Phi) is 3.07. The third-order valence-corrected chi connectivity index (χ3v) is 4.78. The third kappa shape index (κ3) is 2.17. The van der Waals surface area contributed by atoms with Gasteiger partial charge in [0.25, 0.3) is 5.91 Å². The number of fused-ring (bicyclic) bond motifs is 1. The number of hydrogen-bond acceptors (Lipinski definition) is 3. The van der Waals surface area contributed by atoms with Gasteiger partial charge < -0.3 is 5.32 Å². The summed E-state index contributed by atoms with van der Waals surface area (Å²) in [5.74, 6) is -0.600. The summed E-state index contributed by atoms with van der Waals surface area (Å²) in [4.78, 5) is 30.4. The molecule has 1 aromatic carbocycles. The van der Waals surface area contributed by atoms with Crippen LogP contribution in [-0.4, -0.2) is 27.4 Å². The molecule has 3 amide bonds. The molecule has 0 bridgehead atoms. The second-order valence-corrected chi connectivity index (χ2v) is 6.25. The van der Waals surface area contributed by atoms with Crippen molar-refractivity contribution in [2.75, 3.05) is 0 Å². The number of rotatable bonds is 2. The average molecular weight is 313 g/mol. The smallest absolute Gasteiger partial charge is 0.323 e. The maximum Gasteiger partial charge on any atom is 0.325 e. The Hall–Kier alpha value is -2.50. The molecule has 4 rings (SSSR count). The van der Waals surface area contributed by atoms with Crippen LogP contribution < -0.4 is 5.32 Å². The van der Waals surface area contributed by atoms with E-state index in [2.05, 4.69) is 10.3 Å². The second kappa shape index (κ2) is 5.01. The quantitative estimate of drug-likeness (QED) is 0.867. The molecule has 0 unspecified atom stereocenters. The van der Waals surface area contributed by atoms with E-state index >= 15 is 0 Å². The van der Waals surface area contributed by atoms with Crippen molar-refractivity contribution < 1.29 is 14.0 Å². The van der Waals surface area contributed by atoms with Gasteiger partial charge in [0, 0.05) is 17.1 Å². The van der Waals surface area contributed by atoms with E-state index in [1.54, 1.807) is 18.3 Å². The van der Waals surface area contributed by atoms with Gasteiger partial charge in [0.2, 0.25) is 0 Å². The predicted octanol–water partition coefficient (Wildman–Crippen LogP) is 2.74. The number of carbonyl (C=O) groups is 2. The number of nitrogens with one attached hydrogen (secondary N) is 1. The molecular formula is C17H16FN3O2. The number of benzene rings is 1. The minimum absolute atomic E-state index is 0.0394. The number of pyridine rings is 1. The summed E-state index contributed by atoms with van der Waals surface area (Å²) < 4.78 is 13.8. The minimum atomic E-state index is -0.742. The number of urea groups is 1. The number of carbonyl (C=O) groups excluding carboxylic acids is 2. The molecule has 1 spiro atoms. The molecule has 1 N–H and O–H groups in total. The largest absolute Gasteiger partial charge is 0.325 e. The number of imide groups is 1. The molecule has 1 aromatic heterocycles. The van der Waals surface area contributed by atoms with Crippen molar-refractivity contribution in [3.63, 3.8) is 0 Å². The fourth-order valence-electron chi connectivity index (χ4n) is 3.66. The van der Waals surface area contributed by atoms with E-state index in [1.807, 2.05) is 0 Å². The van der Waals surface area contributed by atoms with Crippen LogP contribution in [0.4, 0.5) is 9.18 Å². The van der Waals surface area contributed by atoms with Crippen molar-refractivity contribution in [3.05, 3.63) is 41.8 Å². The van der Waals surface area contributed by atoms with Gasteiger partial charge in [-0.05, 0) is 31.0 Å². The molecule has 0 radical (unpaired) electrons. The van der Waals surface area contributed by atoms with Crippen LogP contribution in [-0.2, 0) is 11.3 Å². The van der Waals surface area contributed by atoms with Gasteiger partial charge in [0.05, 0.1) is 12.1 Å². The lowest BCUT2D eigenvalue weighted by atomic mass is 9.98. The summed E-state index contributed by atoms with van der Waals surface area (Å²) >= 11 is 0. The van der Waals surface area contributed by atoms with E-state index in [0.29, 0.717) is 29.3 Å². The van der Waals surface area contributed by atoms with E-state index in [4.69, 9.17) is 0 Å². The molecule has 2 heterocycles. The molecule has 2 aliphatic rings. The summed E-state index contributed by atoms with van der Waals surface area (Å²) in [7, 11) is 0. The first-order chi connectivity index (χ1) is 11.1. The van der Waals surface area contributed by atoms with Crippen molar-refractivity contribution >= 4 is 22.8 Å². The van der Waals surface area contributed by atoms with Gasteiger partial charge in [0.1, 0.15) is 11.4 Å². The highest BCUT2D eigenvalue weighted by Crippen LogP contribution is 2.36. The van der Waals surface area contributed by atoms with Crippen molar-refractivity contribution in [2.24, 2.45) is 0 Å². The van der Waals surface area contributed by atoms with Crippen molar-refractivity contribution in [1.29, 1.82) is 0 Å². The number of hydrogen-bond donors (Lipinski definition) is 1. The molecule has 2 fully saturated rings. The number of aromatic nitrogens is 1. The van der Waals surface area contributed by atoms with Crippen LogP contribution in [0.5, 0.6) is 0 Å². The van der Waals surface area contributed by atoms with Crippen molar-refractivity contribution in [2.45, 2.75) is 37.8 Å². The van der Waals surface area contributed by atoms with Gasteiger partial charge in [-0.2, -0.15) is 0 Å². The van der Waals surface area contributed by atoms with Crippen LogP contribution in [0, 0.1) is 5.82 Å². The van der Waals surface area contributed by atoms with Crippen LogP contribution in [0.15, 0.2) is 30.5 Å². The summed E-state index contributed by atoms with van der Waals surface area (Å²) in [5, 5.41) is 3.49. The molecule has 1 aliphatic carbocycles. The second-order valence-electron chi connectivity index (χ2n) is 6.25. The van der Waals surface area contributed by atoms with E-state index in [-0.39, 0.29) is 12.5 Å². The van der Waals surface area contributed by atoms with E-state index in [9.17, 15) is 14.0 Å². The van der Waals surface area contributed by atoms with E-state index < -0.39 is 17.4 Å². The van der Waals surface area contributed by atoms with Gasteiger partial charge in [-0.25, -0.2) is 9.18 Å². The Labute approximate surface area is 132 Å². The van der Waals surface area contributed by atoms with E-state index in [1.165, 1.54) is 17.0 Å². The number of nitrogens with zero attached hydrogens (tertiary/aromatic N) is 2. The lowest BCUT2D eigenvalue weighted by Gasteiger charge is -2.20. The molecule has 118 valence electrons. The average Bonchev–Trinajstić information content (AvgIpc) is 3.08. The third-order valence-electron chi connectivity index (χ3n) is 4.78. The van der Waals surface area contributed by atoms with Crippen molar-refractivity contribution in [3.8, 4) is 0 Å². The molecule has 5 nitrogen and oxygen atoms in total. The summed E-state index contributed by atoms with van der Waals surface area (Å²) in [6.07, 6.45) is 4.84. The Morgan fingerprint density at radius 3 is 2.83 bits per heavy atom. The fourth-order valence-corrected chi connectivity index (χ4v) is 3.66. The first-order valence-corrected chi connectivity index (χ1v) is 7.76.